The monoisotopic (exact) mass is 397 g/mol. The van der Waals surface area contributed by atoms with Crippen molar-refractivity contribution in [2.45, 2.75) is 6.04 Å². The van der Waals surface area contributed by atoms with E-state index in [1.807, 2.05) is 24.3 Å². The van der Waals surface area contributed by atoms with Crippen LogP contribution in [-0.2, 0) is 0 Å². The Morgan fingerprint density at radius 1 is 1.10 bits per heavy atom. The summed E-state index contributed by atoms with van der Waals surface area (Å²) in [5.74, 6) is 2.10. The lowest BCUT2D eigenvalue weighted by Gasteiger charge is -2.38. The number of ether oxygens (including phenoxy) is 3. The normalized spacial score (nSPS) is 17.7. The molecule has 154 valence electrons. The van der Waals surface area contributed by atoms with Gasteiger partial charge in [-0.15, -0.1) is 0 Å². The zero-order valence-electron chi connectivity index (χ0n) is 16.9. The van der Waals surface area contributed by atoms with Crippen molar-refractivity contribution in [1.82, 2.24) is 15.1 Å². The number of carbonyl (C=O) groups excluding carboxylic acids is 1. The van der Waals surface area contributed by atoms with E-state index in [1.165, 1.54) is 0 Å². The molecule has 1 atom stereocenters. The van der Waals surface area contributed by atoms with Crippen LogP contribution in [0.2, 0.25) is 0 Å². The minimum absolute atomic E-state index is 0.0627. The first kappa shape index (κ1) is 19.5. The number of fused-ring (bicyclic) bond motifs is 1. The fraction of sp³-hybridized carbons (Fsp3) is 0.409. The lowest BCUT2D eigenvalue weighted by atomic mass is 10.0. The summed E-state index contributed by atoms with van der Waals surface area (Å²) in [6.07, 6.45) is 0. The molecular formula is C22H27N3O4. The summed E-state index contributed by atoms with van der Waals surface area (Å²) in [6, 6.07) is 13.3. The molecule has 4 rings (SSSR count). The van der Waals surface area contributed by atoms with Gasteiger partial charge in [-0.3, -0.25) is 9.69 Å². The van der Waals surface area contributed by atoms with Gasteiger partial charge in [0.15, 0.2) is 11.5 Å². The molecule has 1 amide bonds. The summed E-state index contributed by atoms with van der Waals surface area (Å²) in [5.41, 5.74) is 1.71. The summed E-state index contributed by atoms with van der Waals surface area (Å²) < 4.78 is 16.2. The number of hydrogen-bond acceptors (Lipinski definition) is 6. The molecule has 1 unspecified atom stereocenters. The molecule has 1 saturated heterocycles. The zero-order valence-corrected chi connectivity index (χ0v) is 16.9. The zero-order chi connectivity index (χ0) is 20.2. The highest BCUT2D eigenvalue weighted by atomic mass is 16.7. The molecule has 0 spiro atoms. The maximum absolute atomic E-state index is 12.7. The van der Waals surface area contributed by atoms with E-state index in [4.69, 9.17) is 14.2 Å². The highest BCUT2D eigenvalue weighted by Gasteiger charge is 2.26. The van der Waals surface area contributed by atoms with E-state index in [9.17, 15) is 4.79 Å². The van der Waals surface area contributed by atoms with Crippen LogP contribution in [0, 0.1) is 0 Å². The Kier molecular flexibility index (Phi) is 5.87. The molecule has 7 heteroatoms. The smallest absolute Gasteiger partial charge is 0.251 e. The molecule has 2 aliphatic rings. The first-order valence-electron chi connectivity index (χ1n) is 9.88. The van der Waals surface area contributed by atoms with Crippen LogP contribution in [-0.4, -0.2) is 69.4 Å². The third kappa shape index (κ3) is 4.46. The number of hydrogen-bond donors (Lipinski definition) is 1. The van der Waals surface area contributed by atoms with Gasteiger partial charge in [0.2, 0.25) is 6.79 Å². The van der Waals surface area contributed by atoms with Crippen molar-refractivity contribution in [3.8, 4) is 17.2 Å². The van der Waals surface area contributed by atoms with Crippen LogP contribution in [0.25, 0.3) is 0 Å². The van der Waals surface area contributed by atoms with E-state index in [-0.39, 0.29) is 18.7 Å². The van der Waals surface area contributed by atoms with Gasteiger partial charge in [-0.05, 0) is 42.9 Å². The lowest BCUT2D eigenvalue weighted by molar-refractivity contribution is 0.0886. The number of methoxy groups -OCH3 is 1. The number of nitrogens with zero attached hydrogens (tertiary/aromatic N) is 2. The number of nitrogens with one attached hydrogen (secondary N) is 1. The third-order valence-electron chi connectivity index (χ3n) is 5.55. The Balaban J connectivity index is 1.51. The van der Waals surface area contributed by atoms with Crippen LogP contribution < -0.4 is 19.5 Å². The second kappa shape index (κ2) is 8.71. The molecular weight excluding hydrogens is 370 g/mol. The molecule has 2 aromatic rings. The SMILES string of the molecule is COc1cccc(C(=O)NCC(c2ccc3c(c2)OCO3)N2CCN(C)CC2)c1. The molecule has 0 radical (unpaired) electrons. The molecule has 0 aliphatic carbocycles. The number of carbonyl (C=O) groups is 1. The second-order valence-electron chi connectivity index (χ2n) is 7.41. The fourth-order valence-corrected chi connectivity index (χ4v) is 3.77. The van der Waals surface area contributed by atoms with Gasteiger partial charge in [-0.2, -0.15) is 0 Å². The molecule has 29 heavy (non-hydrogen) atoms. The second-order valence-corrected chi connectivity index (χ2v) is 7.41. The van der Waals surface area contributed by atoms with Crippen molar-refractivity contribution in [3.05, 3.63) is 53.6 Å². The molecule has 2 heterocycles. The Labute approximate surface area is 171 Å². The van der Waals surface area contributed by atoms with Crippen molar-refractivity contribution in [1.29, 1.82) is 0 Å². The van der Waals surface area contributed by atoms with E-state index in [2.05, 4.69) is 28.2 Å². The summed E-state index contributed by atoms with van der Waals surface area (Å²) in [4.78, 5) is 17.5. The van der Waals surface area contributed by atoms with Gasteiger partial charge in [-0.1, -0.05) is 12.1 Å². The number of likely N-dealkylation sites (N-methyl/N-ethyl adjacent to an activating group) is 1. The maximum Gasteiger partial charge on any atom is 0.251 e. The molecule has 0 aromatic heterocycles. The maximum atomic E-state index is 12.7. The third-order valence-corrected chi connectivity index (χ3v) is 5.55. The molecule has 1 N–H and O–H groups in total. The molecule has 0 bridgehead atoms. The topological polar surface area (TPSA) is 63.3 Å². The first-order chi connectivity index (χ1) is 14.1. The van der Waals surface area contributed by atoms with Gasteiger partial charge in [0.25, 0.3) is 5.91 Å². The minimum Gasteiger partial charge on any atom is -0.497 e. The largest absolute Gasteiger partial charge is 0.497 e. The molecule has 0 saturated carbocycles. The van der Waals surface area contributed by atoms with E-state index in [0.717, 1.165) is 43.2 Å². The van der Waals surface area contributed by atoms with E-state index in [0.29, 0.717) is 17.9 Å². The number of piperazine rings is 1. The Morgan fingerprint density at radius 2 is 1.90 bits per heavy atom. The van der Waals surface area contributed by atoms with Crippen LogP contribution in [0.15, 0.2) is 42.5 Å². The van der Waals surface area contributed by atoms with Crippen molar-refractivity contribution in [2.24, 2.45) is 0 Å². The van der Waals surface area contributed by atoms with Gasteiger partial charge in [-0.25, -0.2) is 0 Å². The van der Waals surface area contributed by atoms with E-state index < -0.39 is 0 Å². The molecule has 1 fully saturated rings. The summed E-state index contributed by atoms with van der Waals surface area (Å²) in [6.45, 7) is 4.68. The lowest BCUT2D eigenvalue weighted by Crippen LogP contribution is -2.48. The first-order valence-corrected chi connectivity index (χ1v) is 9.88. The standard InChI is InChI=1S/C22H27N3O4/c1-24-8-10-25(11-9-24)19(16-6-7-20-21(13-16)29-15-28-20)14-23-22(26)17-4-3-5-18(12-17)27-2/h3-7,12-13,19H,8-11,14-15H2,1-2H3,(H,23,26). The van der Waals surface area contributed by atoms with Crippen LogP contribution in [0.1, 0.15) is 22.0 Å². The van der Waals surface area contributed by atoms with Crippen molar-refractivity contribution >= 4 is 5.91 Å². The predicted molar refractivity (Wildman–Crippen MR) is 110 cm³/mol. The Morgan fingerprint density at radius 3 is 2.69 bits per heavy atom. The van der Waals surface area contributed by atoms with Crippen LogP contribution in [0.5, 0.6) is 17.2 Å². The highest BCUT2D eigenvalue weighted by molar-refractivity contribution is 5.94. The summed E-state index contributed by atoms with van der Waals surface area (Å²) in [5, 5.41) is 3.10. The quantitative estimate of drug-likeness (QED) is 0.806. The van der Waals surface area contributed by atoms with Gasteiger partial charge in [0.1, 0.15) is 5.75 Å². The Hall–Kier alpha value is -2.77. The van der Waals surface area contributed by atoms with Gasteiger partial charge < -0.3 is 24.4 Å². The van der Waals surface area contributed by atoms with Crippen LogP contribution >= 0.6 is 0 Å². The van der Waals surface area contributed by atoms with E-state index in [1.54, 1.807) is 19.2 Å². The van der Waals surface area contributed by atoms with Gasteiger partial charge >= 0.3 is 0 Å². The predicted octanol–water partition coefficient (Wildman–Crippen LogP) is 2.14. The highest BCUT2D eigenvalue weighted by Crippen LogP contribution is 2.35. The van der Waals surface area contributed by atoms with E-state index >= 15 is 0 Å². The summed E-state index contributed by atoms with van der Waals surface area (Å²) in [7, 11) is 3.73. The number of amides is 1. The summed E-state index contributed by atoms with van der Waals surface area (Å²) >= 11 is 0. The van der Waals surface area contributed by atoms with Crippen molar-refractivity contribution in [3.63, 3.8) is 0 Å². The average Bonchev–Trinajstić information content (AvgIpc) is 3.23. The van der Waals surface area contributed by atoms with Gasteiger partial charge in [0.05, 0.1) is 13.2 Å². The average molecular weight is 397 g/mol. The molecule has 2 aromatic carbocycles. The number of benzene rings is 2. The molecule has 2 aliphatic heterocycles. The van der Waals surface area contributed by atoms with Crippen LogP contribution in [0.3, 0.4) is 0 Å². The fourth-order valence-electron chi connectivity index (χ4n) is 3.77. The minimum atomic E-state index is -0.108. The van der Waals surface area contributed by atoms with Gasteiger partial charge in [0, 0.05) is 38.3 Å². The Bertz CT molecular complexity index is 865. The molecule has 7 nitrogen and oxygen atoms in total. The van der Waals surface area contributed by atoms with Crippen LogP contribution in [0.4, 0.5) is 0 Å². The van der Waals surface area contributed by atoms with Crippen molar-refractivity contribution in [2.75, 3.05) is 53.7 Å². The number of rotatable bonds is 6. The van der Waals surface area contributed by atoms with Crippen molar-refractivity contribution < 1.29 is 19.0 Å².